The normalized spacial score (nSPS) is 18.9. The zero-order valence-electron chi connectivity index (χ0n) is 18.7. The minimum atomic E-state index is -4.18. The number of aliphatic carboxylic acids is 1. The van der Waals surface area contributed by atoms with Gasteiger partial charge < -0.3 is 9.84 Å². The molecule has 0 bridgehead atoms. The Labute approximate surface area is 198 Å². The van der Waals surface area contributed by atoms with Crippen molar-refractivity contribution < 1.29 is 27.4 Å². The first-order valence-corrected chi connectivity index (χ1v) is 12.1. The third kappa shape index (κ3) is 4.34. The number of carboxylic acids is 1. The van der Waals surface area contributed by atoms with Gasteiger partial charge in [-0.1, -0.05) is 48.5 Å². The van der Waals surface area contributed by atoms with Crippen molar-refractivity contribution in [3.05, 3.63) is 107 Å². The summed E-state index contributed by atoms with van der Waals surface area (Å²) in [6.07, 6.45) is 1.71. The number of carboxylic acid groups (broad SMARTS) is 1. The summed E-state index contributed by atoms with van der Waals surface area (Å²) in [5.41, 5.74) is 1.52. The minimum Gasteiger partial charge on any atom is -0.497 e. The van der Waals surface area contributed by atoms with Gasteiger partial charge in [0, 0.05) is 0 Å². The molecule has 3 aromatic carbocycles. The van der Waals surface area contributed by atoms with Crippen LogP contribution in [0, 0.1) is 12.7 Å². The number of carbonyl (C=O) groups is 1. The molecule has 1 N–H and O–H groups in total. The molecule has 0 fully saturated rings. The second-order valence-electron chi connectivity index (χ2n) is 8.04. The van der Waals surface area contributed by atoms with Crippen LogP contribution in [-0.4, -0.2) is 30.9 Å². The first-order valence-electron chi connectivity index (χ1n) is 10.7. The molecule has 0 spiro atoms. The molecule has 0 aliphatic carbocycles. The van der Waals surface area contributed by atoms with E-state index >= 15 is 0 Å². The van der Waals surface area contributed by atoms with Crippen molar-refractivity contribution in [3.63, 3.8) is 0 Å². The van der Waals surface area contributed by atoms with Crippen molar-refractivity contribution in [1.82, 2.24) is 4.31 Å². The maximum Gasteiger partial charge on any atom is 0.333 e. The molecule has 0 unspecified atom stereocenters. The molecule has 1 aliphatic rings. The van der Waals surface area contributed by atoms with Gasteiger partial charge >= 0.3 is 5.97 Å². The van der Waals surface area contributed by atoms with Crippen LogP contribution in [0.15, 0.2) is 89.3 Å². The average Bonchev–Trinajstić information content (AvgIpc) is 2.84. The Bertz CT molecular complexity index is 1330. The number of nitrogens with zero attached hydrogens (tertiary/aromatic N) is 1. The number of sulfonamides is 1. The van der Waals surface area contributed by atoms with Crippen LogP contribution >= 0.6 is 0 Å². The van der Waals surface area contributed by atoms with Crippen molar-refractivity contribution in [2.75, 3.05) is 7.11 Å². The van der Waals surface area contributed by atoms with E-state index in [0.717, 1.165) is 0 Å². The van der Waals surface area contributed by atoms with E-state index in [2.05, 4.69) is 0 Å². The number of methoxy groups -OCH3 is 1. The quantitative estimate of drug-likeness (QED) is 0.534. The molecule has 2 atom stereocenters. The standard InChI is InChI=1S/C26H24FNO5S/c1-17-5-3-4-6-24(17)34(31,32)28-23(18-9-13-21(33-2)14-10-18)16-15-22(26(29)30)25(28)19-7-11-20(27)12-8-19/h3-15,23,25H,16H2,1-2H3,(H,29,30)/t23-,25-/m0/s1. The van der Waals surface area contributed by atoms with Crippen molar-refractivity contribution in [1.29, 1.82) is 0 Å². The molecule has 1 aliphatic heterocycles. The summed E-state index contributed by atoms with van der Waals surface area (Å²) in [5, 5.41) is 9.98. The fraction of sp³-hybridized carbons (Fsp3) is 0.192. The monoisotopic (exact) mass is 481 g/mol. The van der Waals surface area contributed by atoms with Gasteiger partial charge in [-0.05, 0) is 60.4 Å². The van der Waals surface area contributed by atoms with E-state index in [1.54, 1.807) is 55.5 Å². The van der Waals surface area contributed by atoms with Crippen LogP contribution in [0.25, 0.3) is 0 Å². The number of aryl methyl sites for hydroxylation is 1. The van der Waals surface area contributed by atoms with E-state index in [1.807, 2.05) is 0 Å². The van der Waals surface area contributed by atoms with Gasteiger partial charge in [-0.15, -0.1) is 0 Å². The Kier molecular flexibility index (Phi) is 6.54. The molecule has 0 radical (unpaired) electrons. The summed E-state index contributed by atoms with van der Waals surface area (Å²) in [6, 6.07) is 17.0. The van der Waals surface area contributed by atoms with Crippen LogP contribution in [0.2, 0.25) is 0 Å². The average molecular weight is 482 g/mol. The Morgan fingerprint density at radius 1 is 1.00 bits per heavy atom. The third-order valence-electron chi connectivity index (χ3n) is 6.00. The highest BCUT2D eigenvalue weighted by atomic mass is 32.2. The molecule has 6 nitrogen and oxygen atoms in total. The second-order valence-corrected chi connectivity index (χ2v) is 9.86. The Morgan fingerprint density at radius 2 is 1.62 bits per heavy atom. The van der Waals surface area contributed by atoms with Crippen molar-refractivity contribution in [2.45, 2.75) is 30.3 Å². The highest BCUT2D eigenvalue weighted by Crippen LogP contribution is 2.46. The number of benzene rings is 3. The zero-order valence-corrected chi connectivity index (χ0v) is 19.5. The van der Waals surface area contributed by atoms with Crippen LogP contribution in [-0.2, 0) is 14.8 Å². The molecule has 0 saturated carbocycles. The highest BCUT2D eigenvalue weighted by molar-refractivity contribution is 7.89. The fourth-order valence-electron chi connectivity index (χ4n) is 4.32. The van der Waals surface area contributed by atoms with Crippen LogP contribution in [0.4, 0.5) is 4.39 Å². The van der Waals surface area contributed by atoms with Crippen molar-refractivity contribution in [2.24, 2.45) is 0 Å². The van der Waals surface area contributed by atoms with E-state index in [9.17, 15) is 22.7 Å². The van der Waals surface area contributed by atoms with E-state index in [1.165, 1.54) is 41.7 Å². The maximum absolute atomic E-state index is 14.1. The first kappa shape index (κ1) is 23.7. The molecular weight excluding hydrogens is 457 g/mol. The largest absolute Gasteiger partial charge is 0.497 e. The van der Waals surface area contributed by atoms with Crippen molar-refractivity contribution >= 4 is 16.0 Å². The van der Waals surface area contributed by atoms with Gasteiger partial charge in [0.1, 0.15) is 11.6 Å². The van der Waals surface area contributed by atoms with Gasteiger partial charge in [0.25, 0.3) is 0 Å². The molecule has 4 rings (SSSR count). The second kappa shape index (κ2) is 9.40. The van der Waals surface area contributed by atoms with E-state index in [0.29, 0.717) is 22.4 Å². The summed E-state index contributed by atoms with van der Waals surface area (Å²) >= 11 is 0. The minimum absolute atomic E-state index is 0.0754. The zero-order chi connectivity index (χ0) is 24.5. The van der Waals surface area contributed by atoms with Gasteiger partial charge in [-0.3, -0.25) is 0 Å². The molecule has 0 saturated heterocycles. The lowest BCUT2D eigenvalue weighted by molar-refractivity contribution is -0.133. The number of halogens is 1. The number of rotatable bonds is 6. The van der Waals surface area contributed by atoms with Crippen LogP contribution in [0.3, 0.4) is 0 Å². The predicted octanol–water partition coefficient (Wildman–Crippen LogP) is 5.03. The Hall–Kier alpha value is -3.49. The summed E-state index contributed by atoms with van der Waals surface area (Å²) < 4.78 is 48.5. The third-order valence-corrected chi connectivity index (χ3v) is 8.03. The number of ether oxygens (including phenoxy) is 1. The Morgan fingerprint density at radius 3 is 2.21 bits per heavy atom. The topological polar surface area (TPSA) is 83.9 Å². The molecule has 34 heavy (non-hydrogen) atoms. The van der Waals surface area contributed by atoms with E-state index in [-0.39, 0.29) is 16.9 Å². The smallest absolute Gasteiger partial charge is 0.333 e. The molecule has 1 heterocycles. The van der Waals surface area contributed by atoms with Crippen molar-refractivity contribution in [3.8, 4) is 5.75 Å². The molecule has 0 amide bonds. The summed E-state index contributed by atoms with van der Waals surface area (Å²) in [6.45, 7) is 1.69. The van der Waals surface area contributed by atoms with E-state index < -0.39 is 33.9 Å². The summed E-state index contributed by atoms with van der Waals surface area (Å²) in [4.78, 5) is 12.3. The maximum atomic E-state index is 14.1. The molecule has 176 valence electrons. The predicted molar refractivity (Wildman–Crippen MR) is 125 cm³/mol. The summed E-state index contributed by atoms with van der Waals surface area (Å²) in [5.74, 6) is -1.11. The van der Waals surface area contributed by atoms with Crippen LogP contribution < -0.4 is 4.74 Å². The lowest BCUT2D eigenvalue weighted by atomic mass is 9.89. The van der Waals surface area contributed by atoms with Crippen LogP contribution in [0.5, 0.6) is 5.75 Å². The SMILES string of the molecule is COc1ccc([C@@H]2CC=C(C(=O)O)[C@H](c3ccc(F)cc3)N2S(=O)(=O)c2ccccc2C)cc1. The molecule has 3 aromatic rings. The molecular formula is C26H24FNO5S. The lowest BCUT2D eigenvalue weighted by Gasteiger charge is -2.41. The lowest BCUT2D eigenvalue weighted by Crippen LogP contribution is -2.42. The highest BCUT2D eigenvalue weighted by Gasteiger charge is 2.44. The first-order chi connectivity index (χ1) is 16.2. The van der Waals surface area contributed by atoms with Crippen LogP contribution in [0.1, 0.15) is 35.2 Å². The van der Waals surface area contributed by atoms with Gasteiger partial charge in [-0.2, -0.15) is 4.31 Å². The van der Waals surface area contributed by atoms with E-state index in [4.69, 9.17) is 4.74 Å². The number of hydrogen-bond donors (Lipinski definition) is 1. The van der Waals surface area contributed by atoms with Gasteiger partial charge in [0.2, 0.25) is 10.0 Å². The number of hydrogen-bond acceptors (Lipinski definition) is 4. The fourth-order valence-corrected chi connectivity index (χ4v) is 6.33. The molecule has 0 aromatic heterocycles. The van der Waals surface area contributed by atoms with Gasteiger partial charge in [0.05, 0.1) is 29.7 Å². The van der Waals surface area contributed by atoms with Gasteiger partial charge in [0.15, 0.2) is 0 Å². The molecule has 8 heteroatoms. The van der Waals surface area contributed by atoms with Gasteiger partial charge in [-0.25, -0.2) is 17.6 Å². The Balaban J connectivity index is 1.97. The summed E-state index contributed by atoms with van der Waals surface area (Å²) in [7, 11) is -2.64.